The highest BCUT2D eigenvalue weighted by molar-refractivity contribution is 7.09. The number of hydrogen-bond donors (Lipinski definition) is 1. The van der Waals surface area contributed by atoms with E-state index < -0.39 is 0 Å². The van der Waals surface area contributed by atoms with Crippen molar-refractivity contribution in [1.29, 1.82) is 0 Å². The Bertz CT molecular complexity index is 383. The molecule has 1 heterocycles. The molecule has 0 radical (unpaired) electrons. The minimum atomic E-state index is -0.218. The molecule has 0 saturated heterocycles. The van der Waals surface area contributed by atoms with Crippen LogP contribution in [0.3, 0.4) is 0 Å². The number of aromatic nitrogens is 1. The number of rotatable bonds is 3. The van der Waals surface area contributed by atoms with Crippen molar-refractivity contribution in [2.75, 3.05) is 5.32 Å². The van der Waals surface area contributed by atoms with E-state index in [9.17, 15) is 4.39 Å². The number of thiazole rings is 1. The molecule has 0 aliphatic heterocycles. The molecule has 0 amide bonds. The smallest absolute Gasteiger partial charge is 0.123 e. The minimum Gasteiger partial charge on any atom is -0.379 e. The summed E-state index contributed by atoms with van der Waals surface area (Å²) in [6, 6.07) is 6.29. The Labute approximate surface area is 85.4 Å². The van der Waals surface area contributed by atoms with Gasteiger partial charge in [0, 0.05) is 17.3 Å². The zero-order valence-corrected chi connectivity index (χ0v) is 8.22. The van der Waals surface area contributed by atoms with Crippen LogP contribution in [0, 0.1) is 5.82 Å². The maximum absolute atomic E-state index is 12.6. The zero-order chi connectivity index (χ0) is 9.80. The van der Waals surface area contributed by atoms with Crippen molar-refractivity contribution in [1.82, 2.24) is 4.98 Å². The summed E-state index contributed by atoms with van der Waals surface area (Å²) >= 11 is 1.60. The van der Waals surface area contributed by atoms with Crippen LogP contribution in [0.25, 0.3) is 0 Å². The van der Waals surface area contributed by atoms with Gasteiger partial charge in [-0.15, -0.1) is 11.3 Å². The maximum atomic E-state index is 12.6. The lowest BCUT2D eigenvalue weighted by Gasteiger charge is -2.02. The standard InChI is InChI=1S/C10H9FN2S/c11-8-1-3-9(4-2-8)13-7-10-12-5-6-14-10/h1-6,13H,7H2. The first-order valence-corrected chi connectivity index (χ1v) is 5.10. The zero-order valence-electron chi connectivity index (χ0n) is 7.40. The molecule has 1 aromatic heterocycles. The first-order chi connectivity index (χ1) is 6.84. The summed E-state index contributed by atoms with van der Waals surface area (Å²) in [5, 5.41) is 6.11. The second-order valence-electron chi connectivity index (χ2n) is 2.79. The predicted molar refractivity (Wildman–Crippen MR) is 55.8 cm³/mol. The molecule has 0 aliphatic rings. The highest BCUT2D eigenvalue weighted by Crippen LogP contribution is 2.11. The van der Waals surface area contributed by atoms with Gasteiger partial charge in [0.05, 0.1) is 6.54 Å². The molecule has 2 aromatic rings. The molecule has 0 spiro atoms. The second-order valence-corrected chi connectivity index (χ2v) is 3.77. The van der Waals surface area contributed by atoms with Crippen LogP contribution in [0.5, 0.6) is 0 Å². The van der Waals surface area contributed by atoms with Gasteiger partial charge in [0.1, 0.15) is 10.8 Å². The topological polar surface area (TPSA) is 24.9 Å². The lowest BCUT2D eigenvalue weighted by Crippen LogP contribution is -1.98. The van der Waals surface area contributed by atoms with Crippen molar-refractivity contribution >= 4 is 17.0 Å². The van der Waals surface area contributed by atoms with Gasteiger partial charge in [-0.3, -0.25) is 0 Å². The normalized spacial score (nSPS) is 10.1. The third-order valence-electron chi connectivity index (χ3n) is 1.77. The van der Waals surface area contributed by atoms with Crippen LogP contribution in [0.1, 0.15) is 5.01 Å². The number of anilines is 1. The molecule has 2 nitrogen and oxygen atoms in total. The number of nitrogens with one attached hydrogen (secondary N) is 1. The van der Waals surface area contributed by atoms with Gasteiger partial charge in [-0.25, -0.2) is 9.37 Å². The molecule has 0 atom stereocenters. The van der Waals surface area contributed by atoms with Crippen LogP contribution >= 0.6 is 11.3 Å². The Hall–Kier alpha value is -1.42. The molecular weight excluding hydrogens is 199 g/mol. The first-order valence-electron chi connectivity index (χ1n) is 4.22. The molecule has 0 saturated carbocycles. The number of hydrogen-bond acceptors (Lipinski definition) is 3. The Balaban J connectivity index is 1.95. The highest BCUT2D eigenvalue weighted by Gasteiger charge is 1.95. The van der Waals surface area contributed by atoms with Crippen molar-refractivity contribution in [2.45, 2.75) is 6.54 Å². The van der Waals surface area contributed by atoms with Crippen LogP contribution < -0.4 is 5.32 Å². The van der Waals surface area contributed by atoms with Crippen molar-refractivity contribution in [2.24, 2.45) is 0 Å². The van der Waals surface area contributed by atoms with Crippen LogP contribution in [-0.2, 0) is 6.54 Å². The number of nitrogens with zero attached hydrogens (tertiary/aromatic N) is 1. The first kappa shape index (κ1) is 9.15. The van der Waals surface area contributed by atoms with Gasteiger partial charge in [-0.05, 0) is 24.3 Å². The lowest BCUT2D eigenvalue weighted by atomic mass is 10.3. The number of benzene rings is 1. The van der Waals surface area contributed by atoms with Crippen molar-refractivity contribution in [3.8, 4) is 0 Å². The largest absolute Gasteiger partial charge is 0.379 e. The third-order valence-corrected chi connectivity index (χ3v) is 2.55. The molecule has 0 bridgehead atoms. The molecule has 0 aliphatic carbocycles. The average molecular weight is 208 g/mol. The molecule has 4 heteroatoms. The Morgan fingerprint density at radius 1 is 1.29 bits per heavy atom. The van der Waals surface area contributed by atoms with E-state index in [4.69, 9.17) is 0 Å². The van der Waals surface area contributed by atoms with Gasteiger partial charge in [0.2, 0.25) is 0 Å². The summed E-state index contributed by atoms with van der Waals surface area (Å²) in [6.07, 6.45) is 1.77. The van der Waals surface area contributed by atoms with E-state index in [2.05, 4.69) is 10.3 Å². The summed E-state index contributed by atoms with van der Waals surface area (Å²) < 4.78 is 12.6. The van der Waals surface area contributed by atoms with Crippen LogP contribution in [0.15, 0.2) is 35.8 Å². The molecule has 2 rings (SSSR count). The van der Waals surface area contributed by atoms with E-state index in [-0.39, 0.29) is 5.82 Å². The highest BCUT2D eigenvalue weighted by atomic mass is 32.1. The van der Waals surface area contributed by atoms with E-state index in [1.165, 1.54) is 12.1 Å². The molecular formula is C10H9FN2S. The summed E-state index contributed by atoms with van der Waals surface area (Å²) in [6.45, 7) is 0.684. The van der Waals surface area contributed by atoms with Crippen molar-refractivity contribution in [3.63, 3.8) is 0 Å². The maximum Gasteiger partial charge on any atom is 0.123 e. The summed E-state index contributed by atoms with van der Waals surface area (Å²) in [7, 11) is 0. The van der Waals surface area contributed by atoms with E-state index in [1.54, 1.807) is 29.7 Å². The molecule has 0 fully saturated rings. The SMILES string of the molecule is Fc1ccc(NCc2nccs2)cc1. The Kier molecular flexibility index (Phi) is 2.74. The monoisotopic (exact) mass is 208 g/mol. The predicted octanol–water partition coefficient (Wildman–Crippen LogP) is 2.89. The van der Waals surface area contributed by atoms with Crippen molar-refractivity contribution < 1.29 is 4.39 Å². The van der Waals surface area contributed by atoms with Gasteiger partial charge in [-0.2, -0.15) is 0 Å². The molecule has 0 unspecified atom stereocenters. The molecule has 1 aromatic carbocycles. The third kappa shape index (κ3) is 2.29. The summed E-state index contributed by atoms with van der Waals surface area (Å²) in [5.74, 6) is -0.218. The van der Waals surface area contributed by atoms with E-state index in [1.807, 2.05) is 5.38 Å². The van der Waals surface area contributed by atoms with E-state index in [0.717, 1.165) is 10.7 Å². The number of halogens is 1. The fraction of sp³-hybridized carbons (Fsp3) is 0.100. The minimum absolute atomic E-state index is 0.218. The average Bonchev–Trinajstić information content (AvgIpc) is 2.70. The van der Waals surface area contributed by atoms with Gasteiger partial charge < -0.3 is 5.32 Å². The molecule has 14 heavy (non-hydrogen) atoms. The van der Waals surface area contributed by atoms with Crippen LogP contribution in [-0.4, -0.2) is 4.98 Å². The molecule has 1 N–H and O–H groups in total. The molecule has 72 valence electrons. The van der Waals surface area contributed by atoms with Gasteiger partial charge in [0.25, 0.3) is 0 Å². The van der Waals surface area contributed by atoms with E-state index >= 15 is 0 Å². The van der Waals surface area contributed by atoms with Gasteiger partial charge >= 0.3 is 0 Å². The Morgan fingerprint density at radius 2 is 2.07 bits per heavy atom. The van der Waals surface area contributed by atoms with E-state index in [0.29, 0.717) is 6.54 Å². The van der Waals surface area contributed by atoms with Gasteiger partial charge in [0.15, 0.2) is 0 Å². The second kappa shape index (κ2) is 4.19. The fourth-order valence-corrected chi connectivity index (χ4v) is 1.64. The Morgan fingerprint density at radius 3 is 2.71 bits per heavy atom. The van der Waals surface area contributed by atoms with Crippen LogP contribution in [0.2, 0.25) is 0 Å². The fourth-order valence-electron chi connectivity index (χ4n) is 1.09. The summed E-state index contributed by atoms with van der Waals surface area (Å²) in [5.41, 5.74) is 0.904. The van der Waals surface area contributed by atoms with Crippen LogP contribution in [0.4, 0.5) is 10.1 Å². The lowest BCUT2D eigenvalue weighted by molar-refractivity contribution is 0.628. The van der Waals surface area contributed by atoms with Crippen molar-refractivity contribution in [3.05, 3.63) is 46.7 Å². The summed E-state index contributed by atoms with van der Waals surface area (Å²) in [4.78, 5) is 4.13. The quantitative estimate of drug-likeness (QED) is 0.838. The van der Waals surface area contributed by atoms with Gasteiger partial charge in [-0.1, -0.05) is 0 Å².